The number of hydrogen-bond acceptors (Lipinski definition) is 3. The van der Waals surface area contributed by atoms with Crippen molar-refractivity contribution in [1.29, 1.82) is 5.26 Å². The molecule has 0 spiro atoms. The van der Waals surface area contributed by atoms with Crippen LogP contribution in [0.5, 0.6) is 5.75 Å². The molecule has 1 amide bonds. The Morgan fingerprint density at radius 1 is 0.912 bits per heavy atom. The predicted molar refractivity (Wildman–Crippen MR) is 116 cm³/mol. The molecule has 0 saturated carbocycles. The van der Waals surface area contributed by atoms with E-state index in [1.165, 1.54) is 24.3 Å². The molecule has 1 fully saturated rings. The van der Waals surface area contributed by atoms with Crippen LogP contribution in [0.4, 0.5) is 17.6 Å². The maximum atomic E-state index is 13.7. The second-order valence-electron chi connectivity index (χ2n) is 7.98. The van der Waals surface area contributed by atoms with Crippen LogP contribution in [0.25, 0.3) is 0 Å². The predicted octanol–water partition coefficient (Wildman–Crippen LogP) is 6.20. The molecule has 1 aliphatic rings. The van der Waals surface area contributed by atoms with Crippen molar-refractivity contribution in [1.82, 2.24) is 4.90 Å². The highest BCUT2D eigenvalue weighted by Crippen LogP contribution is 2.41. The van der Waals surface area contributed by atoms with Crippen LogP contribution in [-0.4, -0.2) is 17.4 Å². The van der Waals surface area contributed by atoms with Gasteiger partial charge in [-0.05, 0) is 66.1 Å². The molecule has 0 bridgehead atoms. The monoisotopic (exact) mass is 468 g/mol. The molecule has 3 aromatic carbocycles. The number of nitriles is 1. The van der Waals surface area contributed by atoms with E-state index in [0.717, 1.165) is 12.1 Å². The van der Waals surface area contributed by atoms with Crippen LogP contribution in [-0.2, 0) is 11.0 Å². The second-order valence-corrected chi connectivity index (χ2v) is 7.98. The van der Waals surface area contributed by atoms with Crippen molar-refractivity contribution in [2.24, 2.45) is 0 Å². The lowest BCUT2D eigenvalue weighted by Gasteiger charge is -2.35. The zero-order chi connectivity index (χ0) is 24.3. The van der Waals surface area contributed by atoms with Crippen molar-refractivity contribution < 1.29 is 27.1 Å². The summed E-state index contributed by atoms with van der Waals surface area (Å²) in [6.07, 6.45) is -4.41. The molecule has 174 valence electrons. The number of benzene rings is 3. The van der Waals surface area contributed by atoms with E-state index in [0.29, 0.717) is 41.8 Å². The summed E-state index contributed by atoms with van der Waals surface area (Å²) >= 11 is 0. The summed E-state index contributed by atoms with van der Waals surface area (Å²) in [5.74, 6) is -0.188. The Morgan fingerprint density at radius 2 is 1.53 bits per heavy atom. The Morgan fingerprint density at radius 3 is 2.06 bits per heavy atom. The number of amides is 1. The number of carbonyl (C=O) groups excluding carboxylic acids is 1. The molecule has 0 unspecified atom stereocenters. The smallest absolute Gasteiger partial charge is 0.416 e. The van der Waals surface area contributed by atoms with Crippen LogP contribution in [0.2, 0.25) is 0 Å². The van der Waals surface area contributed by atoms with Crippen molar-refractivity contribution in [3.63, 3.8) is 0 Å². The third-order valence-corrected chi connectivity index (χ3v) is 5.76. The lowest BCUT2D eigenvalue weighted by molar-refractivity contribution is -0.137. The summed E-state index contributed by atoms with van der Waals surface area (Å²) in [7, 11) is 0. The largest absolute Gasteiger partial charge is 0.483 e. The zero-order valence-corrected chi connectivity index (χ0v) is 17.9. The molecule has 4 nitrogen and oxygen atoms in total. The molecule has 1 saturated heterocycles. The van der Waals surface area contributed by atoms with Gasteiger partial charge in [0.1, 0.15) is 17.7 Å². The average Bonchev–Trinajstić information content (AvgIpc) is 3.25. The molecule has 1 aliphatic heterocycles. The maximum absolute atomic E-state index is 13.7. The number of halogens is 4. The molecular formula is C26H20F4N2O2. The number of ether oxygens (including phenoxy) is 1. The number of likely N-dealkylation sites (tertiary alicyclic amines) is 1. The summed E-state index contributed by atoms with van der Waals surface area (Å²) in [5, 5.41) is 9.05. The van der Waals surface area contributed by atoms with Gasteiger partial charge in [0, 0.05) is 13.0 Å². The number of rotatable bonds is 6. The third kappa shape index (κ3) is 5.04. The first-order valence-electron chi connectivity index (χ1n) is 10.6. The fourth-order valence-electron chi connectivity index (χ4n) is 4.07. The molecule has 0 aliphatic carbocycles. The van der Waals surface area contributed by atoms with Gasteiger partial charge in [-0.1, -0.05) is 24.3 Å². The van der Waals surface area contributed by atoms with Gasteiger partial charge >= 0.3 is 6.18 Å². The van der Waals surface area contributed by atoms with Crippen LogP contribution in [0.3, 0.4) is 0 Å². The summed E-state index contributed by atoms with van der Waals surface area (Å²) in [6.45, 7) is 0.439. The fourth-order valence-corrected chi connectivity index (χ4v) is 4.07. The van der Waals surface area contributed by atoms with Crippen molar-refractivity contribution in [2.45, 2.75) is 31.2 Å². The molecule has 0 N–H and O–H groups in total. The quantitative estimate of drug-likeness (QED) is 0.405. The number of nitrogens with zero attached hydrogens (tertiary/aromatic N) is 2. The minimum absolute atomic E-state index is 0.116. The Kier molecular flexibility index (Phi) is 6.55. The molecule has 2 atom stereocenters. The topological polar surface area (TPSA) is 53.3 Å². The maximum Gasteiger partial charge on any atom is 0.416 e. The highest BCUT2D eigenvalue weighted by Gasteiger charge is 2.38. The molecule has 34 heavy (non-hydrogen) atoms. The van der Waals surface area contributed by atoms with Crippen LogP contribution in [0.15, 0.2) is 72.8 Å². The normalized spacial score (nSPS) is 15.6. The van der Waals surface area contributed by atoms with E-state index >= 15 is 0 Å². The minimum Gasteiger partial charge on any atom is -0.483 e. The van der Waals surface area contributed by atoms with Gasteiger partial charge in [0.15, 0.2) is 0 Å². The number of alkyl halides is 3. The van der Waals surface area contributed by atoms with Crippen molar-refractivity contribution >= 4 is 5.91 Å². The Hall–Kier alpha value is -3.86. The van der Waals surface area contributed by atoms with Crippen molar-refractivity contribution in [3.8, 4) is 11.8 Å². The van der Waals surface area contributed by atoms with E-state index < -0.39 is 29.7 Å². The Bertz CT molecular complexity index is 1180. The van der Waals surface area contributed by atoms with Gasteiger partial charge in [0.05, 0.1) is 23.2 Å². The summed E-state index contributed by atoms with van der Waals surface area (Å²) in [6, 6.07) is 17.8. The lowest BCUT2D eigenvalue weighted by Crippen LogP contribution is -2.36. The van der Waals surface area contributed by atoms with Gasteiger partial charge in [-0.3, -0.25) is 4.79 Å². The first-order chi connectivity index (χ1) is 16.3. The van der Waals surface area contributed by atoms with E-state index in [1.807, 2.05) is 6.07 Å². The van der Waals surface area contributed by atoms with Gasteiger partial charge in [-0.2, -0.15) is 18.4 Å². The van der Waals surface area contributed by atoms with E-state index in [9.17, 15) is 22.4 Å². The van der Waals surface area contributed by atoms with Gasteiger partial charge in [-0.25, -0.2) is 4.39 Å². The lowest BCUT2D eigenvalue weighted by atomic mass is 9.93. The van der Waals surface area contributed by atoms with Crippen molar-refractivity contribution in [2.75, 3.05) is 6.54 Å². The molecule has 8 heteroatoms. The van der Waals surface area contributed by atoms with Gasteiger partial charge < -0.3 is 9.64 Å². The fraction of sp³-hybridized carbons (Fsp3) is 0.231. The van der Waals surface area contributed by atoms with Gasteiger partial charge in [0.25, 0.3) is 0 Å². The molecule has 0 radical (unpaired) electrons. The highest BCUT2D eigenvalue weighted by atomic mass is 19.4. The Labute approximate surface area is 194 Å². The van der Waals surface area contributed by atoms with E-state index in [-0.39, 0.29) is 5.91 Å². The van der Waals surface area contributed by atoms with E-state index in [1.54, 1.807) is 41.3 Å². The summed E-state index contributed by atoms with van der Waals surface area (Å²) in [4.78, 5) is 14.3. The van der Waals surface area contributed by atoms with Crippen LogP contribution in [0.1, 0.15) is 47.2 Å². The standard InChI is InChI=1S/C26H20F4N2O2/c27-21-11-7-18(8-12-21)24(32-15-1-2-23(32)33)25(34-22-13-3-17(16-31)4-14-22)19-5-9-20(10-6-19)26(28,29)30/h3-14,24-25H,1-2,15H2/t24-,25+/m0/s1. The first kappa shape index (κ1) is 23.3. The number of carbonyl (C=O) groups is 1. The van der Waals surface area contributed by atoms with E-state index in [2.05, 4.69) is 0 Å². The third-order valence-electron chi connectivity index (χ3n) is 5.76. The van der Waals surface area contributed by atoms with Gasteiger partial charge in [-0.15, -0.1) is 0 Å². The molecule has 4 rings (SSSR count). The highest BCUT2D eigenvalue weighted by molar-refractivity contribution is 5.78. The Balaban J connectivity index is 1.81. The van der Waals surface area contributed by atoms with Crippen LogP contribution in [0, 0.1) is 17.1 Å². The van der Waals surface area contributed by atoms with Crippen molar-refractivity contribution in [3.05, 3.63) is 101 Å². The minimum atomic E-state index is -4.50. The molecular weight excluding hydrogens is 448 g/mol. The zero-order valence-electron chi connectivity index (χ0n) is 17.9. The van der Waals surface area contributed by atoms with Crippen LogP contribution >= 0.6 is 0 Å². The molecule has 1 heterocycles. The summed E-state index contributed by atoms with van der Waals surface area (Å²) < 4.78 is 59.4. The average molecular weight is 468 g/mol. The van der Waals surface area contributed by atoms with E-state index in [4.69, 9.17) is 10.00 Å². The first-order valence-corrected chi connectivity index (χ1v) is 10.6. The van der Waals surface area contributed by atoms with Crippen LogP contribution < -0.4 is 4.74 Å². The summed E-state index contributed by atoms with van der Waals surface area (Å²) in [5.41, 5.74) is 0.633. The molecule has 3 aromatic rings. The second kappa shape index (κ2) is 9.56. The molecule has 0 aromatic heterocycles. The SMILES string of the molecule is N#Cc1ccc(O[C@H](c2ccc(C(F)(F)F)cc2)[C@H](c2ccc(F)cc2)N2CCCC2=O)cc1. The number of hydrogen-bond donors (Lipinski definition) is 0. The van der Waals surface area contributed by atoms with Gasteiger partial charge in [0.2, 0.25) is 5.91 Å².